The van der Waals surface area contributed by atoms with E-state index in [9.17, 15) is 9.59 Å². The van der Waals surface area contributed by atoms with E-state index < -0.39 is 18.0 Å². The number of hydrogen-bond donors (Lipinski definition) is 3. The lowest BCUT2D eigenvalue weighted by molar-refractivity contribution is -0.139. The number of hydrogen-bond acceptors (Lipinski definition) is 2. The van der Waals surface area contributed by atoms with Gasteiger partial charge >= 0.3 is 12.0 Å². The molecule has 0 aromatic heterocycles. The van der Waals surface area contributed by atoms with Gasteiger partial charge in [0.15, 0.2) is 0 Å². The first kappa shape index (κ1) is 14.5. The molecular weight excluding hydrogens is 232 g/mol. The molecule has 1 saturated carbocycles. The minimum absolute atomic E-state index is 0.137. The lowest BCUT2D eigenvalue weighted by atomic mass is 9.98. The van der Waals surface area contributed by atoms with Crippen molar-refractivity contribution < 1.29 is 14.7 Å². The SMILES string of the molecule is C=CCC(NC(=O)NC1CCC(C)C1C)C(=O)O. The highest BCUT2D eigenvalue weighted by molar-refractivity contribution is 5.82. The molecule has 0 spiro atoms. The van der Waals surface area contributed by atoms with Crippen molar-refractivity contribution in [1.29, 1.82) is 0 Å². The Morgan fingerprint density at radius 3 is 2.56 bits per heavy atom. The second kappa shape index (κ2) is 6.42. The monoisotopic (exact) mass is 254 g/mol. The van der Waals surface area contributed by atoms with Crippen molar-refractivity contribution >= 4 is 12.0 Å². The van der Waals surface area contributed by atoms with E-state index in [4.69, 9.17) is 5.11 Å². The average molecular weight is 254 g/mol. The van der Waals surface area contributed by atoms with Crippen molar-refractivity contribution in [2.75, 3.05) is 0 Å². The molecule has 0 aliphatic heterocycles. The minimum atomic E-state index is -1.04. The molecule has 1 rings (SSSR count). The first-order valence-electron chi connectivity index (χ1n) is 6.36. The highest BCUT2D eigenvalue weighted by Crippen LogP contribution is 2.30. The number of carbonyl (C=O) groups excluding carboxylic acids is 1. The standard InChI is InChI=1S/C13H22N2O3/c1-4-5-11(12(16)17)15-13(18)14-10-7-6-8(2)9(10)3/h4,8-11H,1,5-7H2,2-3H3,(H,16,17)(H2,14,15,18). The Hall–Kier alpha value is -1.52. The number of amides is 2. The Morgan fingerprint density at radius 1 is 1.44 bits per heavy atom. The number of urea groups is 1. The van der Waals surface area contributed by atoms with E-state index in [1.165, 1.54) is 6.08 Å². The summed E-state index contributed by atoms with van der Waals surface area (Å²) >= 11 is 0. The lowest BCUT2D eigenvalue weighted by Gasteiger charge is -2.21. The van der Waals surface area contributed by atoms with Crippen LogP contribution in [0.2, 0.25) is 0 Å². The van der Waals surface area contributed by atoms with Gasteiger partial charge < -0.3 is 15.7 Å². The van der Waals surface area contributed by atoms with Crippen LogP contribution in [0.25, 0.3) is 0 Å². The largest absolute Gasteiger partial charge is 0.480 e. The summed E-state index contributed by atoms with van der Waals surface area (Å²) in [6.45, 7) is 7.76. The summed E-state index contributed by atoms with van der Waals surface area (Å²) in [5.41, 5.74) is 0. The molecule has 4 unspecified atom stereocenters. The zero-order valence-corrected chi connectivity index (χ0v) is 11.0. The van der Waals surface area contributed by atoms with Crippen molar-refractivity contribution in [1.82, 2.24) is 10.6 Å². The van der Waals surface area contributed by atoms with E-state index in [2.05, 4.69) is 31.1 Å². The van der Waals surface area contributed by atoms with E-state index in [1.807, 2.05) is 0 Å². The smallest absolute Gasteiger partial charge is 0.326 e. The molecule has 5 heteroatoms. The maximum Gasteiger partial charge on any atom is 0.326 e. The summed E-state index contributed by atoms with van der Waals surface area (Å²) in [6, 6.07) is -1.18. The molecular formula is C13H22N2O3. The number of carbonyl (C=O) groups is 2. The van der Waals surface area contributed by atoms with E-state index in [0.29, 0.717) is 11.8 Å². The second-order valence-electron chi connectivity index (χ2n) is 5.05. The van der Waals surface area contributed by atoms with E-state index in [-0.39, 0.29) is 12.5 Å². The van der Waals surface area contributed by atoms with Crippen LogP contribution in [0.15, 0.2) is 12.7 Å². The third kappa shape index (κ3) is 3.75. The van der Waals surface area contributed by atoms with Gasteiger partial charge in [-0.3, -0.25) is 0 Å². The van der Waals surface area contributed by atoms with Crippen LogP contribution < -0.4 is 10.6 Å². The molecule has 0 bridgehead atoms. The molecule has 1 aliphatic rings. The fraction of sp³-hybridized carbons (Fsp3) is 0.692. The summed E-state index contributed by atoms with van der Waals surface area (Å²) in [7, 11) is 0. The topological polar surface area (TPSA) is 78.4 Å². The summed E-state index contributed by atoms with van der Waals surface area (Å²) in [4.78, 5) is 22.6. The molecule has 2 amide bonds. The molecule has 0 aromatic carbocycles. The number of aliphatic carboxylic acids is 1. The second-order valence-corrected chi connectivity index (χ2v) is 5.05. The first-order chi connectivity index (χ1) is 8.45. The van der Waals surface area contributed by atoms with Crippen molar-refractivity contribution in [3.8, 4) is 0 Å². The van der Waals surface area contributed by atoms with Gasteiger partial charge in [0.1, 0.15) is 6.04 Å². The molecule has 4 atom stereocenters. The zero-order chi connectivity index (χ0) is 13.7. The number of rotatable bonds is 5. The van der Waals surface area contributed by atoms with Crippen molar-refractivity contribution in [3.63, 3.8) is 0 Å². The predicted molar refractivity (Wildman–Crippen MR) is 69.3 cm³/mol. The molecule has 0 heterocycles. The Morgan fingerprint density at radius 2 is 2.11 bits per heavy atom. The minimum Gasteiger partial charge on any atom is -0.480 e. The first-order valence-corrected chi connectivity index (χ1v) is 6.36. The molecule has 0 radical (unpaired) electrons. The van der Waals surface area contributed by atoms with Crippen LogP contribution in [0, 0.1) is 11.8 Å². The highest BCUT2D eigenvalue weighted by atomic mass is 16.4. The van der Waals surface area contributed by atoms with Crippen molar-refractivity contribution in [3.05, 3.63) is 12.7 Å². The van der Waals surface area contributed by atoms with Crippen LogP contribution in [-0.2, 0) is 4.79 Å². The number of nitrogens with one attached hydrogen (secondary N) is 2. The quantitative estimate of drug-likeness (QED) is 0.654. The third-order valence-electron chi connectivity index (χ3n) is 3.79. The fourth-order valence-electron chi connectivity index (χ4n) is 2.32. The van der Waals surface area contributed by atoms with E-state index in [1.54, 1.807) is 0 Å². The lowest BCUT2D eigenvalue weighted by Crippen LogP contribution is -2.49. The summed E-state index contributed by atoms with van der Waals surface area (Å²) in [5.74, 6) is -0.0185. The van der Waals surface area contributed by atoms with Gasteiger partial charge in [0.25, 0.3) is 0 Å². The highest BCUT2D eigenvalue weighted by Gasteiger charge is 2.31. The Balaban J connectivity index is 2.45. The van der Waals surface area contributed by atoms with Crippen LogP contribution in [-0.4, -0.2) is 29.2 Å². The van der Waals surface area contributed by atoms with Gasteiger partial charge in [0, 0.05) is 6.04 Å². The van der Waals surface area contributed by atoms with E-state index >= 15 is 0 Å². The van der Waals surface area contributed by atoms with Crippen LogP contribution in [0.5, 0.6) is 0 Å². The normalized spacial score (nSPS) is 28.4. The molecule has 0 aromatic rings. The van der Waals surface area contributed by atoms with Gasteiger partial charge in [0.2, 0.25) is 0 Å². The summed E-state index contributed by atoms with van der Waals surface area (Å²) in [5, 5.41) is 14.2. The van der Waals surface area contributed by atoms with Crippen molar-refractivity contribution in [2.45, 2.75) is 45.2 Å². The molecule has 0 saturated heterocycles. The van der Waals surface area contributed by atoms with E-state index in [0.717, 1.165) is 12.8 Å². The van der Waals surface area contributed by atoms with Crippen LogP contribution >= 0.6 is 0 Å². The van der Waals surface area contributed by atoms with Gasteiger partial charge in [-0.1, -0.05) is 19.9 Å². The third-order valence-corrected chi connectivity index (χ3v) is 3.79. The Bertz CT molecular complexity index is 330. The van der Waals surface area contributed by atoms with Crippen LogP contribution in [0.3, 0.4) is 0 Å². The number of carboxylic acids is 1. The van der Waals surface area contributed by atoms with Crippen LogP contribution in [0.1, 0.15) is 33.1 Å². The fourth-order valence-corrected chi connectivity index (χ4v) is 2.32. The predicted octanol–water partition coefficient (Wildman–Crippen LogP) is 1.75. The van der Waals surface area contributed by atoms with Gasteiger partial charge in [-0.25, -0.2) is 9.59 Å². The molecule has 5 nitrogen and oxygen atoms in total. The molecule has 3 N–H and O–H groups in total. The molecule has 1 aliphatic carbocycles. The summed E-state index contributed by atoms with van der Waals surface area (Å²) in [6.07, 6.45) is 3.76. The molecule has 102 valence electrons. The maximum atomic E-state index is 11.7. The van der Waals surface area contributed by atoms with Gasteiger partial charge in [-0.15, -0.1) is 6.58 Å². The van der Waals surface area contributed by atoms with Gasteiger partial charge in [-0.05, 0) is 31.1 Å². The van der Waals surface area contributed by atoms with Crippen molar-refractivity contribution in [2.24, 2.45) is 11.8 Å². The Kier molecular flexibility index (Phi) is 5.19. The van der Waals surface area contributed by atoms with Gasteiger partial charge in [0.05, 0.1) is 0 Å². The summed E-state index contributed by atoms with van der Waals surface area (Å²) < 4.78 is 0. The van der Waals surface area contributed by atoms with Gasteiger partial charge in [-0.2, -0.15) is 0 Å². The zero-order valence-electron chi connectivity index (χ0n) is 11.0. The molecule has 18 heavy (non-hydrogen) atoms. The number of carboxylic acid groups (broad SMARTS) is 1. The average Bonchev–Trinajstić information content (AvgIpc) is 2.60. The molecule has 1 fully saturated rings. The maximum absolute atomic E-state index is 11.7. The van der Waals surface area contributed by atoms with Crippen LogP contribution in [0.4, 0.5) is 4.79 Å². The Labute approximate surface area is 108 Å².